The number of imidazole rings is 1. The second kappa shape index (κ2) is 9.87. The van der Waals surface area contributed by atoms with Gasteiger partial charge in [0.15, 0.2) is 5.16 Å². The van der Waals surface area contributed by atoms with Gasteiger partial charge in [-0.05, 0) is 38.5 Å². The van der Waals surface area contributed by atoms with Crippen LogP contribution >= 0.6 is 11.8 Å². The maximum atomic E-state index is 12.5. The van der Waals surface area contributed by atoms with E-state index in [1.54, 1.807) is 0 Å². The van der Waals surface area contributed by atoms with Gasteiger partial charge < -0.3 is 10.3 Å². The average molecular weight is 446 g/mol. The average Bonchev–Trinajstić information content (AvgIpc) is 3.30. The van der Waals surface area contributed by atoms with Crippen molar-refractivity contribution in [3.8, 4) is 5.69 Å². The van der Waals surface area contributed by atoms with Gasteiger partial charge in [0.1, 0.15) is 0 Å². The molecule has 0 aliphatic heterocycles. The first-order chi connectivity index (χ1) is 15.5. The second-order valence-corrected chi connectivity index (χ2v) is 8.70. The van der Waals surface area contributed by atoms with E-state index in [0.29, 0.717) is 12.3 Å². The van der Waals surface area contributed by atoms with Crippen LogP contribution in [0.5, 0.6) is 0 Å². The fourth-order valence-electron chi connectivity index (χ4n) is 3.62. The van der Waals surface area contributed by atoms with E-state index in [2.05, 4.69) is 32.5 Å². The van der Waals surface area contributed by atoms with Crippen LogP contribution in [-0.2, 0) is 17.8 Å². The highest BCUT2D eigenvalue weighted by Gasteiger charge is 2.14. The third kappa shape index (κ3) is 5.11. The Hall–Kier alpha value is -3.32. The number of carbonyl (C=O) groups excluding carboxylic acids is 1. The van der Waals surface area contributed by atoms with E-state index < -0.39 is 0 Å². The predicted octanol–water partition coefficient (Wildman–Crippen LogP) is 4.52. The number of aromatic amines is 1. The van der Waals surface area contributed by atoms with Crippen LogP contribution in [0.25, 0.3) is 5.69 Å². The van der Waals surface area contributed by atoms with Crippen molar-refractivity contribution in [2.24, 2.45) is 0 Å². The molecule has 7 heteroatoms. The Kier molecular flexibility index (Phi) is 6.75. The molecule has 2 aromatic heterocycles. The molecule has 32 heavy (non-hydrogen) atoms. The van der Waals surface area contributed by atoms with Crippen molar-refractivity contribution in [3.05, 3.63) is 94.6 Å². The van der Waals surface area contributed by atoms with Gasteiger partial charge in [-0.2, -0.15) is 5.10 Å². The van der Waals surface area contributed by atoms with Gasteiger partial charge in [0.05, 0.1) is 22.8 Å². The molecule has 2 heterocycles. The molecule has 0 aliphatic rings. The van der Waals surface area contributed by atoms with Gasteiger partial charge in [0.25, 0.3) is 0 Å². The Morgan fingerprint density at radius 2 is 1.72 bits per heavy atom. The van der Waals surface area contributed by atoms with Gasteiger partial charge in [-0.15, -0.1) is 0 Å². The number of hydrogen-bond acceptors (Lipinski definition) is 4. The molecular weight excluding hydrogens is 418 g/mol. The number of nitrogens with one attached hydrogen (secondary N) is 2. The number of thioether (sulfide) groups is 1. The highest BCUT2D eigenvalue weighted by molar-refractivity contribution is 7.99. The molecule has 6 nitrogen and oxygen atoms in total. The smallest absolute Gasteiger partial charge is 0.230 e. The number of rotatable bonds is 8. The predicted molar refractivity (Wildman–Crippen MR) is 128 cm³/mol. The standard InChI is InChI=1S/C25H27N5OS/c1-17-22(19(3)30(29-17)21-12-8-5-9-13-21)15-26-24(31)16-32-25-27-18(2)23(28-25)14-20-10-6-4-7-11-20/h4-13H,14-16H2,1-3H3,(H,26,31)(H,27,28). The van der Waals surface area contributed by atoms with Crippen LogP contribution in [-0.4, -0.2) is 31.4 Å². The lowest BCUT2D eigenvalue weighted by Crippen LogP contribution is -2.25. The molecule has 4 rings (SSSR count). The molecule has 0 fully saturated rings. The molecule has 0 spiro atoms. The number of H-pyrrole nitrogens is 1. The first-order valence-electron chi connectivity index (χ1n) is 10.6. The van der Waals surface area contributed by atoms with Gasteiger partial charge in [-0.25, -0.2) is 9.67 Å². The molecule has 0 saturated carbocycles. The summed E-state index contributed by atoms with van der Waals surface area (Å²) >= 11 is 1.42. The minimum absolute atomic E-state index is 0.0278. The van der Waals surface area contributed by atoms with Crippen LogP contribution in [0.1, 0.15) is 33.9 Å². The van der Waals surface area contributed by atoms with Crippen molar-refractivity contribution in [3.63, 3.8) is 0 Å². The maximum absolute atomic E-state index is 12.5. The second-order valence-electron chi connectivity index (χ2n) is 7.74. The van der Waals surface area contributed by atoms with Gasteiger partial charge >= 0.3 is 0 Å². The molecule has 0 unspecified atom stereocenters. The summed E-state index contributed by atoms with van der Waals surface area (Å²) < 4.78 is 1.92. The van der Waals surface area contributed by atoms with E-state index in [0.717, 1.165) is 45.6 Å². The van der Waals surface area contributed by atoms with E-state index in [9.17, 15) is 4.79 Å². The molecule has 4 aromatic rings. The molecule has 0 bridgehead atoms. The number of nitrogens with zero attached hydrogens (tertiary/aromatic N) is 3. The Morgan fingerprint density at radius 3 is 2.44 bits per heavy atom. The van der Waals surface area contributed by atoms with Crippen molar-refractivity contribution >= 4 is 17.7 Å². The normalized spacial score (nSPS) is 11.0. The third-order valence-electron chi connectivity index (χ3n) is 5.42. The van der Waals surface area contributed by atoms with Gasteiger partial charge in [-0.3, -0.25) is 4.79 Å². The van der Waals surface area contributed by atoms with Crippen LogP contribution in [0.3, 0.4) is 0 Å². The Balaban J connectivity index is 1.33. The summed E-state index contributed by atoms with van der Waals surface area (Å²) in [5, 5.41) is 8.44. The fraction of sp³-hybridized carbons (Fsp3) is 0.240. The molecule has 164 valence electrons. The molecule has 0 saturated heterocycles. The zero-order chi connectivity index (χ0) is 22.5. The topological polar surface area (TPSA) is 75.6 Å². The largest absolute Gasteiger partial charge is 0.351 e. The number of carbonyl (C=O) groups is 1. The summed E-state index contributed by atoms with van der Waals surface area (Å²) in [5.41, 5.74) is 7.29. The van der Waals surface area contributed by atoms with E-state index in [4.69, 9.17) is 0 Å². The lowest BCUT2D eigenvalue weighted by Gasteiger charge is -2.07. The summed E-state index contributed by atoms with van der Waals surface area (Å²) in [5.74, 6) is 0.280. The highest BCUT2D eigenvalue weighted by Crippen LogP contribution is 2.20. The number of aromatic nitrogens is 4. The van der Waals surface area contributed by atoms with E-state index in [1.807, 2.05) is 74.0 Å². The van der Waals surface area contributed by atoms with Crippen molar-refractivity contribution in [1.29, 1.82) is 0 Å². The van der Waals surface area contributed by atoms with Crippen LogP contribution in [0.15, 0.2) is 65.8 Å². The van der Waals surface area contributed by atoms with Gasteiger partial charge in [-0.1, -0.05) is 60.3 Å². The molecule has 2 aromatic carbocycles. The Bertz CT molecular complexity index is 1200. The number of aryl methyl sites for hydroxylation is 2. The van der Waals surface area contributed by atoms with Crippen LogP contribution < -0.4 is 5.32 Å². The maximum Gasteiger partial charge on any atom is 0.230 e. The highest BCUT2D eigenvalue weighted by atomic mass is 32.2. The monoisotopic (exact) mass is 445 g/mol. The summed E-state index contributed by atoms with van der Waals surface area (Å²) in [6, 6.07) is 20.3. The van der Waals surface area contributed by atoms with Crippen molar-refractivity contribution < 1.29 is 4.79 Å². The van der Waals surface area contributed by atoms with Gasteiger partial charge in [0.2, 0.25) is 5.91 Å². The molecule has 0 aliphatic carbocycles. The quantitative estimate of drug-likeness (QED) is 0.391. The zero-order valence-corrected chi connectivity index (χ0v) is 19.4. The minimum Gasteiger partial charge on any atom is -0.351 e. The zero-order valence-electron chi connectivity index (χ0n) is 18.6. The van der Waals surface area contributed by atoms with Crippen molar-refractivity contribution in [2.45, 2.75) is 38.9 Å². The SMILES string of the molecule is Cc1nn(-c2ccccc2)c(C)c1CNC(=O)CSc1nc(Cc2ccccc2)c(C)[nH]1. The molecule has 1 amide bonds. The van der Waals surface area contributed by atoms with Crippen LogP contribution in [0.2, 0.25) is 0 Å². The summed E-state index contributed by atoms with van der Waals surface area (Å²) in [6.07, 6.45) is 0.778. The van der Waals surface area contributed by atoms with Crippen molar-refractivity contribution in [2.75, 3.05) is 5.75 Å². The fourth-order valence-corrected chi connectivity index (χ4v) is 4.39. The first-order valence-corrected chi connectivity index (χ1v) is 11.6. The molecule has 0 radical (unpaired) electrons. The lowest BCUT2D eigenvalue weighted by atomic mass is 10.1. The molecule has 0 atom stereocenters. The number of amides is 1. The number of para-hydroxylation sites is 1. The van der Waals surface area contributed by atoms with Crippen LogP contribution in [0, 0.1) is 20.8 Å². The molecule has 2 N–H and O–H groups in total. The summed E-state index contributed by atoms with van der Waals surface area (Å²) in [4.78, 5) is 20.4. The summed E-state index contributed by atoms with van der Waals surface area (Å²) in [6.45, 7) is 6.48. The minimum atomic E-state index is -0.0278. The van der Waals surface area contributed by atoms with E-state index >= 15 is 0 Å². The summed E-state index contributed by atoms with van der Waals surface area (Å²) in [7, 11) is 0. The van der Waals surface area contributed by atoms with E-state index in [-0.39, 0.29) is 5.91 Å². The van der Waals surface area contributed by atoms with Crippen LogP contribution in [0.4, 0.5) is 0 Å². The van der Waals surface area contributed by atoms with Gasteiger partial charge in [0, 0.05) is 29.9 Å². The first kappa shape index (κ1) is 21.9. The third-order valence-corrected chi connectivity index (χ3v) is 6.30. The lowest BCUT2D eigenvalue weighted by molar-refractivity contribution is -0.118. The Labute approximate surface area is 192 Å². The van der Waals surface area contributed by atoms with E-state index in [1.165, 1.54) is 17.3 Å². The number of hydrogen-bond donors (Lipinski definition) is 2. The Morgan fingerprint density at radius 1 is 1.03 bits per heavy atom. The number of benzene rings is 2. The molecular formula is C25H27N5OS. The van der Waals surface area contributed by atoms with Crippen molar-refractivity contribution in [1.82, 2.24) is 25.1 Å².